The van der Waals surface area contributed by atoms with Crippen molar-refractivity contribution in [3.8, 4) is 33.5 Å². The number of aromatic nitrogens is 1. The van der Waals surface area contributed by atoms with Crippen molar-refractivity contribution in [3.63, 3.8) is 0 Å². The van der Waals surface area contributed by atoms with Crippen LogP contribution in [0.25, 0.3) is 50.1 Å². The highest BCUT2D eigenvalue weighted by molar-refractivity contribution is 6.73. The number of benzene rings is 6. The second kappa shape index (κ2) is 12.5. The average molecular weight is 614 g/mol. The van der Waals surface area contributed by atoms with Crippen LogP contribution in [-0.2, 0) is 0 Å². The van der Waals surface area contributed by atoms with E-state index >= 15 is 0 Å². The number of hydrogen-bond donors (Lipinski definition) is 1. The average Bonchev–Trinajstić information content (AvgIpc) is 3.15. The summed E-state index contributed by atoms with van der Waals surface area (Å²) >= 11 is 0. The number of nitrogens with two attached hydrogens (primary N) is 1. The van der Waals surface area contributed by atoms with Gasteiger partial charge in [-0.25, -0.2) is 15.0 Å². The van der Waals surface area contributed by atoms with Gasteiger partial charge in [0.25, 0.3) is 0 Å². The highest BCUT2D eigenvalue weighted by Gasteiger charge is 2.20. The van der Waals surface area contributed by atoms with E-state index in [0.717, 1.165) is 44.6 Å². The van der Waals surface area contributed by atoms with E-state index in [4.69, 9.17) is 20.7 Å². The molecule has 0 aliphatic carbocycles. The third-order valence-electron chi connectivity index (χ3n) is 8.71. The zero-order valence-corrected chi connectivity index (χ0v) is 26.2. The Labute approximate surface area is 281 Å². The number of aliphatic imine (C=N–C) groups is 2. The Morgan fingerprint density at radius 2 is 1.19 bits per heavy atom. The van der Waals surface area contributed by atoms with E-state index in [9.17, 15) is 0 Å². The fourth-order valence-corrected chi connectivity index (χ4v) is 6.27. The van der Waals surface area contributed by atoms with Gasteiger partial charge < -0.3 is 5.73 Å². The van der Waals surface area contributed by atoms with Crippen LogP contribution in [0.2, 0.25) is 0 Å². The van der Waals surface area contributed by atoms with E-state index in [0.29, 0.717) is 17.4 Å². The van der Waals surface area contributed by atoms with Crippen molar-refractivity contribution in [1.82, 2.24) is 4.98 Å². The molecule has 0 fully saturated rings. The van der Waals surface area contributed by atoms with Crippen molar-refractivity contribution in [2.75, 3.05) is 0 Å². The largest absolute Gasteiger partial charge is 0.383 e. The van der Waals surface area contributed by atoms with Gasteiger partial charge in [0.15, 0.2) is 13.1 Å². The molecule has 0 amide bonds. The molecular weight excluding hydrogens is 583 g/mol. The van der Waals surface area contributed by atoms with Gasteiger partial charge in [0.2, 0.25) is 0 Å². The maximum Gasteiger partial charge on any atom is 0.193 e. The van der Waals surface area contributed by atoms with E-state index in [1.54, 1.807) is 0 Å². The Hall–Kier alpha value is -6.33. The normalized spacial score (nSPS) is 12.3. The molecule has 7 aromatic rings. The molecule has 1 aliphatic rings. The first-order valence-corrected chi connectivity index (χ1v) is 15.9. The van der Waals surface area contributed by atoms with Crippen LogP contribution >= 0.6 is 0 Å². The topological polar surface area (TPSA) is 63.6 Å². The van der Waals surface area contributed by atoms with Gasteiger partial charge in [-0.3, -0.25) is 0 Å². The molecule has 4 nitrogen and oxygen atoms in total. The number of amidine groups is 2. The molecule has 1 aromatic heterocycles. The fraction of sp³-hybridized carbons (Fsp3) is 0. The minimum atomic E-state index is 0.384. The summed E-state index contributed by atoms with van der Waals surface area (Å²) in [4.78, 5) is 14.9. The molecule has 0 spiro atoms. The molecular formula is C43H30BN4. The number of pyridine rings is 1. The minimum absolute atomic E-state index is 0.384. The Kier molecular flexibility index (Phi) is 7.56. The second-order valence-electron chi connectivity index (χ2n) is 11.8. The van der Waals surface area contributed by atoms with Gasteiger partial charge in [-0.1, -0.05) is 157 Å². The molecule has 1 aliphatic heterocycles. The summed E-state index contributed by atoms with van der Waals surface area (Å²) in [7, 11) is 2.24. The van der Waals surface area contributed by atoms with E-state index < -0.39 is 0 Å². The lowest BCUT2D eigenvalue weighted by Gasteiger charge is -2.21. The lowest BCUT2D eigenvalue weighted by Crippen LogP contribution is -2.33. The van der Waals surface area contributed by atoms with Crippen molar-refractivity contribution in [2.24, 2.45) is 15.7 Å². The highest BCUT2D eigenvalue weighted by atomic mass is 15.0. The summed E-state index contributed by atoms with van der Waals surface area (Å²) in [5, 5.41) is 1.18. The van der Waals surface area contributed by atoms with Crippen molar-refractivity contribution in [1.29, 1.82) is 0 Å². The van der Waals surface area contributed by atoms with Crippen LogP contribution in [0.3, 0.4) is 0 Å². The standard InChI is InChI=1S/C43H30BN4/c1-28(46-43(48-42(45)31-14-6-3-7-15-31)32-24-22-30(23-25-32)29-12-4-2-5-13-29)33-16-10-17-34(26-33)40-27-36-35-18-8-9-19-37(35)44-38-20-11-21-39(47-40)41(36)38/h2-27H,1H2,(H2,45,46,48). The van der Waals surface area contributed by atoms with Gasteiger partial charge in [-0.05, 0) is 40.5 Å². The molecule has 48 heavy (non-hydrogen) atoms. The third kappa shape index (κ3) is 5.63. The van der Waals surface area contributed by atoms with Crippen molar-refractivity contribution >= 4 is 46.5 Å². The molecule has 8 rings (SSSR count). The van der Waals surface area contributed by atoms with Crippen LogP contribution in [0.4, 0.5) is 0 Å². The molecule has 2 heterocycles. The SMILES string of the molecule is C=C(N=C(N=C(N)c1ccccc1)c1ccc(-c2ccccc2)cc1)c1cccc(-c2cc3c4c(cccc4n2)[B]c2ccccc2-3)c1. The first-order chi connectivity index (χ1) is 23.6. The van der Waals surface area contributed by atoms with Crippen molar-refractivity contribution in [2.45, 2.75) is 0 Å². The molecule has 225 valence electrons. The van der Waals surface area contributed by atoms with Crippen LogP contribution in [0.1, 0.15) is 16.7 Å². The van der Waals surface area contributed by atoms with E-state index in [1.165, 1.54) is 27.4 Å². The highest BCUT2D eigenvalue weighted by Crippen LogP contribution is 2.33. The summed E-state index contributed by atoms with van der Waals surface area (Å²) in [6.45, 7) is 4.38. The first kappa shape index (κ1) is 29.1. The lowest BCUT2D eigenvalue weighted by molar-refractivity contribution is 1.39. The van der Waals surface area contributed by atoms with E-state index in [-0.39, 0.29) is 0 Å². The summed E-state index contributed by atoms with van der Waals surface area (Å²) in [5.41, 5.74) is 19.6. The summed E-state index contributed by atoms with van der Waals surface area (Å²) in [6, 6.07) is 53.5. The second-order valence-corrected chi connectivity index (χ2v) is 11.8. The minimum Gasteiger partial charge on any atom is -0.383 e. The molecule has 6 aromatic carbocycles. The third-order valence-corrected chi connectivity index (χ3v) is 8.71. The lowest BCUT2D eigenvalue weighted by atomic mass is 9.57. The molecule has 0 unspecified atom stereocenters. The molecule has 5 heteroatoms. The van der Waals surface area contributed by atoms with Gasteiger partial charge in [-0.15, -0.1) is 0 Å². The van der Waals surface area contributed by atoms with Crippen LogP contribution in [0.5, 0.6) is 0 Å². The molecule has 1 radical (unpaired) electrons. The van der Waals surface area contributed by atoms with Crippen molar-refractivity contribution < 1.29 is 0 Å². The summed E-state index contributed by atoms with van der Waals surface area (Å²) in [5.74, 6) is 0.870. The number of rotatable bonds is 6. The van der Waals surface area contributed by atoms with Crippen LogP contribution in [-0.4, -0.2) is 23.9 Å². The quantitative estimate of drug-likeness (QED) is 0.117. The number of nitrogens with zero attached hydrogens (tertiary/aromatic N) is 3. The number of hydrogen-bond acceptors (Lipinski definition) is 2. The molecule has 0 bridgehead atoms. The zero-order valence-electron chi connectivity index (χ0n) is 26.2. The van der Waals surface area contributed by atoms with Crippen LogP contribution < -0.4 is 16.7 Å². The Bertz CT molecular complexity index is 2380. The zero-order chi connectivity index (χ0) is 32.5. The summed E-state index contributed by atoms with van der Waals surface area (Å²) in [6.07, 6.45) is 0. The fourth-order valence-electron chi connectivity index (χ4n) is 6.27. The Balaban J connectivity index is 1.19. The predicted octanol–water partition coefficient (Wildman–Crippen LogP) is 8.03. The van der Waals surface area contributed by atoms with Gasteiger partial charge in [0.05, 0.1) is 16.9 Å². The summed E-state index contributed by atoms with van der Waals surface area (Å²) < 4.78 is 0. The Morgan fingerprint density at radius 3 is 2.00 bits per heavy atom. The van der Waals surface area contributed by atoms with E-state index in [2.05, 4.69) is 98.8 Å². The predicted molar refractivity (Wildman–Crippen MR) is 202 cm³/mol. The smallest absolute Gasteiger partial charge is 0.193 e. The van der Waals surface area contributed by atoms with Crippen LogP contribution in [0, 0.1) is 0 Å². The molecule has 2 N–H and O–H groups in total. The molecule has 0 saturated heterocycles. The maximum absolute atomic E-state index is 6.52. The van der Waals surface area contributed by atoms with Gasteiger partial charge in [-0.2, -0.15) is 0 Å². The molecule has 0 saturated carbocycles. The number of fused-ring (bicyclic) bond motifs is 2. The monoisotopic (exact) mass is 613 g/mol. The van der Waals surface area contributed by atoms with Gasteiger partial charge >= 0.3 is 0 Å². The first-order valence-electron chi connectivity index (χ1n) is 15.9. The van der Waals surface area contributed by atoms with Gasteiger partial charge in [0.1, 0.15) is 5.84 Å². The maximum atomic E-state index is 6.52. The Morgan fingerprint density at radius 1 is 0.542 bits per heavy atom. The van der Waals surface area contributed by atoms with E-state index in [1.807, 2.05) is 72.8 Å². The van der Waals surface area contributed by atoms with Gasteiger partial charge in [0, 0.05) is 27.6 Å². The van der Waals surface area contributed by atoms with Crippen molar-refractivity contribution in [3.05, 3.63) is 181 Å². The molecule has 0 atom stereocenters. The van der Waals surface area contributed by atoms with Crippen LogP contribution in [0.15, 0.2) is 174 Å².